The third-order valence-corrected chi connectivity index (χ3v) is 12.6. The van der Waals surface area contributed by atoms with Crippen molar-refractivity contribution in [3.63, 3.8) is 0 Å². The Balaban J connectivity index is 0.987. The SMILES string of the molecule is COc1nc(O[C@H]2CCc3c(-c4cccc(-c5nc6cc7c(c(Cl)c6o5)CC[C@H]7N5CC[C@@H](C(=O)O)C5)c4C)cccc32)c(Cl)cc1CN1CC[C@@H](O)C1. The fourth-order valence-corrected chi connectivity index (χ4v) is 9.75. The molecule has 0 amide bonds. The second-order valence-corrected chi connectivity index (χ2v) is 15.9. The zero-order valence-electron chi connectivity index (χ0n) is 30.3. The fraction of sp³-hybridized carbons (Fsp3) is 0.405. The number of carboxylic acids is 1. The number of oxazole rings is 1. The number of hydrogen-bond donors (Lipinski definition) is 2. The van der Waals surface area contributed by atoms with Crippen LogP contribution < -0.4 is 9.47 Å². The summed E-state index contributed by atoms with van der Waals surface area (Å²) in [6.45, 7) is 5.45. The molecule has 0 unspecified atom stereocenters. The van der Waals surface area contributed by atoms with E-state index < -0.39 is 5.97 Å². The van der Waals surface area contributed by atoms with Crippen LogP contribution in [0.1, 0.15) is 71.2 Å². The Morgan fingerprint density at radius 1 is 0.926 bits per heavy atom. The predicted octanol–water partition coefficient (Wildman–Crippen LogP) is 8.21. The third-order valence-electron chi connectivity index (χ3n) is 11.9. The molecule has 9 rings (SSSR count). The summed E-state index contributed by atoms with van der Waals surface area (Å²) in [5.74, 6) is 0.284. The minimum absolute atomic E-state index is 0.133. The Bertz CT molecular complexity index is 2290. The Labute approximate surface area is 323 Å². The van der Waals surface area contributed by atoms with E-state index in [1.165, 1.54) is 5.56 Å². The highest BCUT2D eigenvalue weighted by atomic mass is 35.5. The van der Waals surface area contributed by atoms with Crippen LogP contribution in [0.15, 0.2) is 52.9 Å². The quantitative estimate of drug-likeness (QED) is 0.152. The van der Waals surface area contributed by atoms with Gasteiger partial charge in [0.25, 0.3) is 0 Å². The number of nitrogens with zero attached hydrogens (tertiary/aromatic N) is 4. The lowest BCUT2D eigenvalue weighted by atomic mass is 9.91. The van der Waals surface area contributed by atoms with E-state index in [9.17, 15) is 15.0 Å². The van der Waals surface area contributed by atoms with Crippen LogP contribution in [0, 0.1) is 12.8 Å². The number of aliphatic hydroxyl groups excluding tert-OH is 1. The lowest BCUT2D eigenvalue weighted by Crippen LogP contribution is -2.26. The number of hydrogen-bond acceptors (Lipinski definition) is 9. The van der Waals surface area contributed by atoms with Gasteiger partial charge in [-0.15, -0.1) is 0 Å². The van der Waals surface area contributed by atoms with Gasteiger partial charge < -0.3 is 24.1 Å². The summed E-state index contributed by atoms with van der Waals surface area (Å²) < 4.78 is 18.6. The first-order valence-corrected chi connectivity index (χ1v) is 19.5. The van der Waals surface area contributed by atoms with Crippen LogP contribution in [0.3, 0.4) is 0 Å². The Kier molecular flexibility index (Phi) is 9.30. The molecule has 3 aromatic carbocycles. The number of methoxy groups -OCH3 is 1. The zero-order chi connectivity index (χ0) is 37.2. The smallest absolute Gasteiger partial charge is 0.307 e. The van der Waals surface area contributed by atoms with Gasteiger partial charge >= 0.3 is 5.97 Å². The number of aliphatic hydroxyl groups is 1. The van der Waals surface area contributed by atoms with Gasteiger partial charge in [-0.05, 0) is 109 Å². The van der Waals surface area contributed by atoms with E-state index in [1.54, 1.807) is 7.11 Å². The number of rotatable bonds is 9. The molecule has 0 spiro atoms. The van der Waals surface area contributed by atoms with E-state index in [4.69, 9.17) is 42.1 Å². The first kappa shape index (κ1) is 35.5. The number of β-amino-alcohol motifs (C(OH)–C–C–N with tert-alkyl or cyclic N) is 1. The van der Waals surface area contributed by atoms with Crippen molar-refractivity contribution in [3.05, 3.63) is 92.0 Å². The van der Waals surface area contributed by atoms with Crippen LogP contribution in [-0.4, -0.2) is 75.3 Å². The maximum atomic E-state index is 11.6. The van der Waals surface area contributed by atoms with E-state index in [2.05, 4.69) is 52.0 Å². The molecule has 2 fully saturated rings. The van der Waals surface area contributed by atoms with Gasteiger partial charge in [-0.3, -0.25) is 14.6 Å². The lowest BCUT2D eigenvalue weighted by Gasteiger charge is -2.24. The molecule has 4 aliphatic rings. The van der Waals surface area contributed by atoms with E-state index in [0.29, 0.717) is 64.9 Å². The van der Waals surface area contributed by atoms with E-state index in [1.807, 2.05) is 18.2 Å². The monoisotopic (exact) mass is 768 g/mol. The third kappa shape index (κ3) is 6.22. The number of carbonyl (C=O) groups is 1. The molecule has 2 aliphatic heterocycles. The van der Waals surface area contributed by atoms with E-state index >= 15 is 0 Å². The van der Waals surface area contributed by atoms with Crippen molar-refractivity contribution >= 4 is 40.3 Å². The van der Waals surface area contributed by atoms with Crippen LogP contribution in [-0.2, 0) is 24.2 Å². The van der Waals surface area contributed by atoms with Gasteiger partial charge in [0, 0.05) is 43.3 Å². The van der Waals surface area contributed by atoms with Crippen LogP contribution in [0.25, 0.3) is 33.7 Å². The van der Waals surface area contributed by atoms with Crippen molar-refractivity contribution in [1.29, 1.82) is 0 Å². The van der Waals surface area contributed by atoms with Gasteiger partial charge in [-0.2, -0.15) is 4.98 Å². The first-order chi connectivity index (χ1) is 26.2. The summed E-state index contributed by atoms with van der Waals surface area (Å²) in [6.07, 6.45) is 4.23. The first-order valence-electron chi connectivity index (χ1n) is 18.8. The molecule has 4 heterocycles. The molecule has 5 aromatic rings. The average molecular weight is 770 g/mol. The normalized spacial score (nSPS) is 22.6. The molecule has 54 heavy (non-hydrogen) atoms. The molecule has 0 radical (unpaired) electrons. The largest absolute Gasteiger partial charge is 0.481 e. The molecule has 10 nitrogen and oxygen atoms in total. The summed E-state index contributed by atoms with van der Waals surface area (Å²) in [5.41, 5.74) is 10.9. The van der Waals surface area contributed by atoms with Gasteiger partial charge in [-0.25, -0.2) is 4.98 Å². The van der Waals surface area contributed by atoms with E-state index in [0.717, 1.165) is 89.7 Å². The van der Waals surface area contributed by atoms with Crippen LogP contribution >= 0.6 is 23.2 Å². The molecule has 280 valence electrons. The summed E-state index contributed by atoms with van der Waals surface area (Å²) in [6, 6.07) is 16.7. The average Bonchev–Trinajstić information content (AvgIpc) is 4.00. The van der Waals surface area contributed by atoms with Crippen molar-refractivity contribution in [3.8, 4) is 34.3 Å². The zero-order valence-corrected chi connectivity index (χ0v) is 31.8. The lowest BCUT2D eigenvalue weighted by molar-refractivity contribution is -0.141. The van der Waals surface area contributed by atoms with Gasteiger partial charge in [0.05, 0.1) is 24.2 Å². The predicted molar refractivity (Wildman–Crippen MR) is 206 cm³/mol. The van der Waals surface area contributed by atoms with E-state index in [-0.39, 0.29) is 24.2 Å². The second-order valence-electron chi connectivity index (χ2n) is 15.1. The van der Waals surface area contributed by atoms with Gasteiger partial charge in [-0.1, -0.05) is 53.5 Å². The van der Waals surface area contributed by atoms with Gasteiger partial charge in [0.1, 0.15) is 16.6 Å². The van der Waals surface area contributed by atoms with Gasteiger partial charge in [0.2, 0.25) is 17.7 Å². The number of aromatic nitrogens is 2. The highest BCUT2D eigenvalue weighted by Crippen LogP contribution is 2.47. The number of benzene rings is 3. The molecule has 2 N–H and O–H groups in total. The minimum atomic E-state index is -0.725. The molecule has 12 heteroatoms. The van der Waals surface area contributed by atoms with Crippen molar-refractivity contribution < 1.29 is 28.9 Å². The number of ether oxygens (including phenoxy) is 2. The number of carboxylic acid groups (broad SMARTS) is 1. The summed E-state index contributed by atoms with van der Waals surface area (Å²) in [7, 11) is 1.60. The number of pyridine rings is 1. The molecule has 2 aromatic heterocycles. The van der Waals surface area contributed by atoms with Crippen molar-refractivity contribution in [2.24, 2.45) is 5.92 Å². The summed E-state index contributed by atoms with van der Waals surface area (Å²) >= 11 is 13.8. The van der Waals surface area contributed by atoms with Crippen LogP contribution in [0.2, 0.25) is 10.0 Å². The Hall–Kier alpha value is -4.19. The maximum Gasteiger partial charge on any atom is 0.307 e. The molecule has 4 atom stereocenters. The summed E-state index contributed by atoms with van der Waals surface area (Å²) in [4.78, 5) is 25.8. The molecule has 0 saturated carbocycles. The Morgan fingerprint density at radius 2 is 1.72 bits per heavy atom. The standard InChI is InChI=1S/C42H42Cl2N4O6/c1-22-26(5-3-6-27(22)40-45-34-18-32-31(37(44)38(34)54-40)9-11-35(32)48-16-13-23(20-48)42(50)51)28-7-4-8-30-29(28)10-12-36(30)53-41-33(43)17-24(39(46-41)52-2)19-47-15-14-25(49)21-47/h3-8,17-18,23,25,35-36,49H,9-16,19-21H2,1-2H3,(H,50,51)/t23-,25-,35-,36+/m1/s1. The highest BCUT2D eigenvalue weighted by molar-refractivity contribution is 6.35. The minimum Gasteiger partial charge on any atom is -0.481 e. The molecule has 0 bridgehead atoms. The maximum absolute atomic E-state index is 11.6. The number of likely N-dealkylation sites (tertiary alicyclic amines) is 2. The topological polar surface area (TPSA) is 121 Å². The molecular weight excluding hydrogens is 727 g/mol. The summed E-state index contributed by atoms with van der Waals surface area (Å²) in [5, 5.41) is 20.6. The second kappa shape index (κ2) is 14.1. The highest BCUT2D eigenvalue weighted by Gasteiger charge is 2.38. The molecule has 2 aliphatic carbocycles. The van der Waals surface area contributed by atoms with Crippen LogP contribution in [0.5, 0.6) is 11.8 Å². The van der Waals surface area contributed by atoms with Gasteiger partial charge in [0.15, 0.2) is 5.58 Å². The Morgan fingerprint density at radius 3 is 2.50 bits per heavy atom. The molecular formula is C42H42Cl2N4O6. The van der Waals surface area contributed by atoms with Crippen molar-refractivity contribution in [2.75, 3.05) is 33.3 Å². The number of halogens is 2. The fourth-order valence-electron chi connectivity index (χ4n) is 9.19. The van der Waals surface area contributed by atoms with Crippen molar-refractivity contribution in [2.45, 2.75) is 70.2 Å². The number of fused-ring (bicyclic) bond motifs is 3. The van der Waals surface area contributed by atoms with Crippen molar-refractivity contribution in [1.82, 2.24) is 19.8 Å². The molecule has 2 saturated heterocycles. The van der Waals surface area contributed by atoms with Crippen LogP contribution in [0.4, 0.5) is 0 Å². The number of aliphatic carboxylic acids is 1.